The SMILES string of the molecule is C=C(C)c1c(O[Si](C)(C)C(C)(C)C)n(Cc2ccccc2)c2ccccc12. The quantitative estimate of drug-likeness (QED) is 0.432. The second-order valence-corrected chi connectivity index (χ2v) is 13.6. The summed E-state index contributed by atoms with van der Waals surface area (Å²) in [6, 6.07) is 19.1. The molecule has 0 saturated carbocycles. The number of hydrogen-bond acceptors (Lipinski definition) is 1. The summed E-state index contributed by atoms with van der Waals surface area (Å²) in [6.45, 7) is 18.6. The third-order valence-electron chi connectivity index (χ3n) is 5.69. The van der Waals surface area contributed by atoms with E-state index in [-0.39, 0.29) is 5.04 Å². The van der Waals surface area contributed by atoms with Crippen molar-refractivity contribution < 1.29 is 4.43 Å². The van der Waals surface area contributed by atoms with Gasteiger partial charge in [-0.15, -0.1) is 0 Å². The van der Waals surface area contributed by atoms with Crippen LogP contribution >= 0.6 is 0 Å². The Morgan fingerprint density at radius 3 is 2.19 bits per heavy atom. The van der Waals surface area contributed by atoms with Gasteiger partial charge in [0, 0.05) is 10.9 Å². The van der Waals surface area contributed by atoms with Gasteiger partial charge in [0.05, 0.1) is 12.1 Å². The largest absolute Gasteiger partial charge is 0.531 e. The lowest BCUT2D eigenvalue weighted by molar-refractivity contribution is 0.455. The zero-order valence-corrected chi connectivity index (χ0v) is 18.5. The summed E-state index contributed by atoms with van der Waals surface area (Å²) in [7, 11) is -2.00. The average Bonchev–Trinajstić information content (AvgIpc) is 2.88. The molecule has 0 unspecified atom stereocenters. The number of aromatic nitrogens is 1. The fraction of sp³-hybridized carbons (Fsp3) is 0.333. The maximum atomic E-state index is 6.89. The fourth-order valence-corrected chi connectivity index (χ4v) is 4.12. The summed E-state index contributed by atoms with van der Waals surface area (Å²) in [4.78, 5) is 0. The van der Waals surface area contributed by atoms with E-state index < -0.39 is 8.32 Å². The van der Waals surface area contributed by atoms with Crippen LogP contribution in [0.15, 0.2) is 61.2 Å². The molecule has 3 heteroatoms. The third kappa shape index (κ3) is 3.74. The predicted octanol–water partition coefficient (Wildman–Crippen LogP) is 7.11. The van der Waals surface area contributed by atoms with Gasteiger partial charge in [0.1, 0.15) is 0 Å². The Bertz CT molecular complexity index is 961. The summed E-state index contributed by atoms with van der Waals surface area (Å²) >= 11 is 0. The second kappa shape index (κ2) is 7.04. The Labute approximate surface area is 164 Å². The van der Waals surface area contributed by atoms with Gasteiger partial charge in [-0.3, -0.25) is 0 Å². The van der Waals surface area contributed by atoms with Crippen molar-refractivity contribution in [2.45, 2.75) is 52.4 Å². The molecule has 0 saturated heterocycles. The van der Waals surface area contributed by atoms with Crippen LogP contribution in [-0.2, 0) is 6.54 Å². The lowest BCUT2D eigenvalue weighted by atomic mass is 10.1. The van der Waals surface area contributed by atoms with E-state index in [0.29, 0.717) is 0 Å². The van der Waals surface area contributed by atoms with Crippen molar-refractivity contribution in [1.82, 2.24) is 4.57 Å². The molecule has 142 valence electrons. The lowest BCUT2D eigenvalue weighted by Crippen LogP contribution is -2.44. The molecule has 0 N–H and O–H groups in total. The van der Waals surface area contributed by atoms with Crippen LogP contribution in [0.5, 0.6) is 5.88 Å². The van der Waals surface area contributed by atoms with Crippen LogP contribution in [0, 0.1) is 0 Å². The molecule has 0 amide bonds. The molecule has 3 aromatic rings. The zero-order valence-electron chi connectivity index (χ0n) is 17.5. The first-order chi connectivity index (χ1) is 12.6. The van der Waals surface area contributed by atoms with Crippen molar-refractivity contribution in [2.75, 3.05) is 0 Å². The first-order valence-electron chi connectivity index (χ1n) is 9.62. The number of fused-ring (bicyclic) bond motifs is 1. The molecular weight excluding hydrogens is 346 g/mol. The van der Waals surface area contributed by atoms with Crippen LogP contribution in [0.1, 0.15) is 38.8 Å². The van der Waals surface area contributed by atoms with Crippen molar-refractivity contribution in [3.05, 3.63) is 72.3 Å². The van der Waals surface area contributed by atoms with E-state index in [1.54, 1.807) is 0 Å². The van der Waals surface area contributed by atoms with Gasteiger partial charge in [-0.2, -0.15) is 0 Å². The molecule has 2 nitrogen and oxygen atoms in total. The first kappa shape index (κ1) is 19.5. The minimum absolute atomic E-state index is 0.132. The number of rotatable bonds is 5. The first-order valence-corrected chi connectivity index (χ1v) is 12.5. The second-order valence-electron chi connectivity index (χ2n) is 8.91. The highest BCUT2D eigenvalue weighted by Crippen LogP contribution is 2.43. The Morgan fingerprint density at radius 2 is 1.59 bits per heavy atom. The van der Waals surface area contributed by atoms with E-state index in [9.17, 15) is 0 Å². The van der Waals surface area contributed by atoms with Crippen LogP contribution in [0.2, 0.25) is 18.1 Å². The maximum absolute atomic E-state index is 6.89. The molecule has 0 aliphatic carbocycles. The molecule has 0 fully saturated rings. The Hall–Kier alpha value is -2.26. The Balaban J connectivity index is 2.24. The van der Waals surface area contributed by atoms with Crippen LogP contribution in [0.25, 0.3) is 16.5 Å². The predicted molar refractivity (Wildman–Crippen MR) is 120 cm³/mol. The molecule has 0 bridgehead atoms. The molecule has 1 aromatic heterocycles. The monoisotopic (exact) mass is 377 g/mol. The number of allylic oxidation sites excluding steroid dienone is 1. The highest BCUT2D eigenvalue weighted by atomic mass is 28.4. The Kier molecular flexibility index (Phi) is 5.09. The summed E-state index contributed by atoms with van der Waals surface area (Å²) in [5, 5.41) is 1.35. The molecule has 1 heterocycles. The number of nitrogens with zero attached hydrogens (tertiary/aromatic N) is 1. The number of benzene rings is 2. The average molecular weight is 378 g/mol. The smallest absolute Gasteiger partial charge is 0.252 e. The van der Waals surface area contributed by atoms with Gasteiger partial charge in [-0.05, 0) is 42.3 Å². The minimum atomic E-state index is -2.00. The van der Waals surface area contributed by atoms with Crippen molar-refractivity contribution in [3.63, 3.8) is 0 Å². The van der Waals surface area contributed by atoms with Gasteiger partial charge in [0.25, 0.3) is 8.32 Å². The number of hydrogen-bond donors (Lipinski definition) is 0. The highest BCUT2D eigenvalue weighted by molar-refractivity contribution is 6.74. The van der Waals surface area contributed by atoms with E-state index in [4.69, 9.17) is 4.43 Å². The van der Waals surface area contributed by atoms with Crippen LogP contribution in [-0.4, -0.2) is 12.9 Å². The van der Waals surface area contributed by atoms with E-state index in [1.165, 1.54) is 16.5 Å². The molecular formula is C24H31NOSi. The molecule has 3 rings (SSSR count). The van der Waals surface area contributed by atoms with E-state index in [0.717, 1.165) is 23.6 Å². The molecule has 0 aliphatic rings. The number of para-hydroxylation sites is 1. The standard InChI is InChI=1S/C24H31NOSi/c1-18(2)22-20-15-11-12-16-21(20)25(17-19-13-9-8-10-14-19)23(22)26-27(6,7)24(3,4)5/h8-16H,1,17H2,2-7H3. The summed E-state index contributed by atoms with van der Waals surface area (Å²) in [6.07, 6.45) is 0. The van der Waals surface area contributed by atoms with Crippen molar-refractivity contribution in [3.8, 4) is 5.88 Å². The molecule has 0 radical (unpaired) electrons. The minimum Gasteiger partial charge on any atom is -0.531 e. The van der Waals surface area contributed by atoms with Gasteiger partial charge >= 0.3 is 0 Å². The zero-order chi connectivity index (χ0) is 19.8. The van der Waals surface area contributed by atoms with Gasteiger partial charge < -0.3 is 8.99 Å². The van der Waals surface area contributed by atoms with Gasteiger partial charge in [-0.25, -0.2) is 0 Å². The van der Waals surface area contributed by atoms with Crippen molar-refractivity contribution in [2.24, 2.45) is 0 Å². The summed E-state index contributed by atoms with van der Waals surface area (Å²) in [5.41, 5.74) is 4.66. The maximum Gasteiger partial charge on any atom is 0.252 e. The van der Waals surface area contributed by atoms with Gasteiger partial charge in [0.15, 0.2) is 5.88 Å². The molecule has 0 atom stereocenters. The fourth-order valence-electron chi connectivity index (χ4n) is 3.12. The molecule has 0 spiro atoms. The Morgan fingerprint density at radius 1 is 1.00 bits per heavy atom. The lowest BCUT2D eigenvalue weighted by Gasteiger charge is -2.37. The van der Waals surface area contributed by atoms with E-state index in [1.807, 2.05) is 0 Å². The molecule has 2 aromatic carbocycles. The molecule has 0 aliphatic heterocycles. The van der Waals surface area contributed by atoms with Crippen LogP contribution < -0.4 is 4.43 Å². The van der Waals surface area contributed by atoms with E-state index in [2.05, 4.69) is 107 Å². The van der Waals surface area contributed by atoms with Gasteiger partial charge in [-0.1, -0.05) is 75.9 Å². The van der Waals surface area contributed by atoms with Crippen molar-refractivity contribution in [1.29, 1.82) is 0 Å². The summed E-state index contributed by atoms with van der Waals surface area (Å²) < 4.78 is 9.22. The summed E-state index contributed by atoms with van der Waals surface area (Å²) in [5.74, 6) is 0.971. The molecule has 27 heavy (non-hydrogen) atoms. The van der Waals surface area contributed by atoms with E-state index >= 15 is 0 Å². The third-order valence-corrected chi connectivity index (χ3v) is 10.0. The van der Waals surface area contributed by atoms with Crippen molar-refractivity contribution >= 4 is 24.8 Å². The topological polar surface area (TPSA) is 14.2 Å². The highest BCUT2D eigenvalue weighted by Gasteiger charge is 2.40. The van der Waals surface area contributed by atoms with Gasteiger partial charge in [0.2, 0.25) is 0 Å². The van der Waals surface area contributed by atoms with Crippen LogP contribution in [0.3, 0.4) is 0 Å². The van der Waals surface area contributed by atoms with Crippen LogP contribution in [0.4, 0.5) is 0 Å². The normalized spacial score (nSPS) is 12.4.